The van der Waals surface area contributed by atoms with Crippen molar-refractivity contribution in [3.05, 3.63) is 35.9 Å². The summed E-state index contributed by atoms with van der Waals surface area (Å²) >= 11 is 0. The van der Waals surface area contributed by atoms with Crippen molar-refractivity contribution in [3.63, 3.8) is 0 Å². The first kappa shape index (κ1) is 11.5. The lowest BCUT2D eigenvalue weighted by molar-refractivity contribution is 0.0936. The van der Waals surface area contributed by atoms with Gasteiger partial charge in [-0.25, -0.2) is 0 Å². The molecule has 2 rings (SSSR count). The van der Waals surface area contributed by atoms with Gasteiger partial charge >= 0.3 is 0 Å². The molecule has 0 unspecified atom stereocenters. The number of benzene rings is 1. The molecule has 0 saturated carbocycles. The number of hydrogen-bond donors (Lipinski definition) is 2. The average molecular weight is 232 g/mol. The Hall–Kier alpha value is -1.97. The van der Waals surface area contributed by atoms with Crippen molar-refractivity contribution in [2.45, 2.75) is 18.9 Å². The third-order valence-corrected chi connectivity index (χ3v) is 2.81. The van der Waals surface area contributed by atoms with Crippen LogP contribution >= 0.6 is 0 Å². The molecule has 0 heterocycles. The summed E-state index contributed by atoms with van der Waals surface area (Å²) in [6.45, 7) is 0. The molecule has 0 fully saturated rings. The van der Waals surface area contributed by atoms with Gasteiger partial charge in [0, 0.05) is 17.8 Å². The van der Waals surface area contributed by atoms with E-state index in [1.807, 2.05) is 0 Å². The van der Waals surface area contributed by atoms with Gasteiger partial charge in [0.2, 0.25) is 0 Å². The molecule has 1 amide bonds. The predicted octanol–water partition coefficient (Wildman–Crippen LogP) is 1.73. The number of carbonyl (C=O) groups is 1. The van der Waals surface area contributed by atoms with E-state index in [1.165, 1.54) is 7.11 Å². The van der Waals surface area contributed by atoms with Crippen LogP contribution in [0.2, 0.25) is 0 Å². The summed E-state index contributed by atoms with van der Waals surface area (Å²) in [5.74, 6) is 0.393. The van der Waals surface area contributed by atoms with E-state index in [-0.39, 0.29) is 11.9 Å². The summed E-state index contributed by atoms with van der Waals surface area (Å²) in [6.07, 6.45) is 5.93. The highest BCUT2D eigenvalue weighted by Crippen LogP contribution is 2.22. The van der Waals surface area contributed by atoms with E-state index in [4.69, 9.17) is 10.5 Å². The van der Waals surface area contributed by atoms with Crippen molar-refractivity contribution in [1.29, 1.82) is 0 Å². The Labute approximate surface area is 100 Å². The van der Waals surface area contributed by atoms with Crippen LogP contribution in [-0.2, 0) is 0 Å². The van der Waals surface area contributed by atoms with E-state index in [0.29, 0.717) is 17.0 Å². The Balaban J connectivity index is 2.12. The average Bonchev–Trinajstić information content (AvgIpc) is 2.81. The molecule has 0 aliphatic heterocycles. The molecular formula is C13H16N2O2. The molecule has 4 heteroatoms. The molecule has 1 aromatic carbocycles. The topological polar surface area (TPSA) is 64.3 Å². The standard InChI is InChI=1S/C13H16N2O2/c1-17-12-8-9(14)6-7-11(12)13(16)15-10-4-2-3-5-10/h2-3,6-8,10H,4-5,14H2,1H3,(H,15,16). The molecule has 0 saturated heterocycles. The second-order valence-electron chi connectivity index (χ2n) is 4.07. The maximum absolute atomic E-state index is 12.0. The van der Waals surface area contributed by atoms with Gasteiger partial charge in [0.15, 0.2) is 0 Å². The van der Waals surface area contributed by atoms with E-state index in [2.05, 4.69) is 17.5 Å². The molecule has 0 radical (unpaired) electrons. The maximum Gasteiger partial charge on any atom is 0.255 e. The van der Waals surface area contributed by atoms with Crippen molar-refractivity contribution in [3.8, 4) is 5.75 Å². The molecule has 17 heavy (non-hydrogen) atoms. The molecule has 0 atom stereocenters. The molecule has 1 aliphatic carbocycles. The zero-order valence-corrected chi connectivity index (χ0v) is 9.77. The first-order chi connectivity index (χ1) is 8.20. The van der Waals surface area contributed by atoms with Crippen LogP contribution in [0.25, 0.3) is 0 Å². The monoisotopic (exact) mass is 232 g/mol. The number of methoxy groups -OCH3 is 1. The molecule has 90 valence electrons. The summed E-state index contributed by atoms with van der Waals surface area (Å²) in [5, 5.41) is 2.97. The minimum absolute atomic E-state index is 0.115. The van der Waals surface area contributed by atoms with Gasteiger partial charge in [0.1, 0.15) is 5.75 Å². The van der Waals surface area contributed by atoms with Crippen molar-refractivity contribution in [2.75, 3.05) is 12.8 Å². The highest BCUT2D eigenvalue weighted by molar-refractivity contribution is 5.97. The maximum atomic E-state index is 12.0. The fourth-order valence-corrected chi connectivity index (χ4v) is 1.89. The molecule has 4 nitrogen and oxygen atoms in total. The summed E-state index contributed by atoms with van der Waals surface area (Å²) in [7, 11) is 1.53. The van der Waals surface area contributed by atoms with Gasteiger partial charge in [0.05, 0.1) is 12.7 Å². The van der Waals surface area contributed by atoms with Crippen LogP contribution in [0.3, 0.4) is 0 Å². The van der Waals surface area contributed by atoms with Crippen molar-refractivity contribution >= 4 is 11.6 Å². The highest BCUT2D eigenvalue weighted by Gasteiger charge is 2.17. The molecule has 1 aromatic rings. The lowest BCUT2D eigenvalue weighted by Crippen LogP contribution is -2.33. The van der Waals surface area contributed by atoms with Gasteiger partial charge in [-0.1, -0.05) is 12.2 Å². The number of nitrogens with one attached hydrogen (secondary N) is 1. The van der Waals surface area contributed by atoms with Crippen LogP contribution in [0, 0.1) is 0 Å². The Morgan fingerprint density at radius 1 is 1.41 bits per heavy atom. The molecule has 1 aliphatic rings. The highest BCUT2D eigenvalue weighted by atomic mass is 16.5. The van der Waals surface area contributed by atoms with E-state index in [0.717, 1.165) is 12.8 Å². The third-order valence-electron chi connectivity index (χ3n) is 2.81. The van der Waals surface area contributed by atoms with E-state index >= 15 is 0 Å². The number of carbonyl (C=O) groups excluding carboxylic acids is 1. The number of nitrogens with two attached hydrogens (primary N) is 1. The number of anilines is 1. The fourth-order valence-electron chi connectivity index (χ4n) is 1.89. The SMILES string of the molecule is COc1cc(N)ccc1C(=O)NC1CC=CC1. The second kappa shape index (κ2) is 4.91. The number of hydrogen-bond acceptors (Lipinski definition) is 3. The second-order valence-corrected chi connectivity index (χ2v) is 4.07. The lowest BCUT2D eigenvalue weighted by Gasteiger charge is -2.14. The van der Waals surface area contributed by atoms with E-state index in [9.17, 15) is 4.79 Å². The zero-order valence-electron chi connectivity index (χ0n) is 9.77. The quantitative estimate of drug-likeness (QED) is 0.616. The van der Waals surface area contributed by atoms with Crippen LogP contribution in [0.5, 0.6) is 5.75 Å². The molecular weight excluding hydrogens is 216 g/mol. The number of rotatable bonds is 3. The summed E-state index contributed by atoms with van der Waals surface area (Å²) < 4.78 is 5.16. The minimum atomic E-state index is -0.115. The van der Waals surface area contributed by atoms with Gasteiger partial charge in [-0.2, -0.15) is 0 Å². The first-order valence-corrected chi connectivity index (χ1v) is 5.60. The largest absolute Gasteiger partial charge is 0.496 e. The Morgan fingerprint density at radius 2 is 2.12 bits per heavy atom. The van der Waals surface area contributed by atoms with Crippen molar-refractivity contribution < 1.29 is 9.53 Å². The van der Waals surface area contributed by atoms with Gasteiger partial charge in [-0.3, -0.25) is 4.79 Å². The van der Waals surface area contributed by atoms with Gasteiger partial charge in [0.25, 0.3) is 5.91 Å². The Bertz CT molecular complexity index is 447. The summed E-state index contributed by atoms with van der Waals surface area (Å²) in [4.78, 5) is 12.0. The normalized spacial score (nSPS) is 14.9. The number of ether oxygens (including phenoxy) is 1. The summed E-state index contributed by atoms with van der Waals surface area (Å²) in [5.41, 5.74) is 6.75. The number of nitrogen functional groups attached to an aromatic ring is 1. The minimum Gasteiger partial charge on any atom is -0.496 e. The van der Waals surface area contributed by atoms with Gasteiger partial charge < -0.3 is 15.8 Å². The van der Waals surface area contributed by atoms with Gasteiger partial charge in [-0.05, 0) is 25.0 Å². The van der Waals surface area contributed by atoms with Crippen molar-refractivity contribution in [2.24, 2.45) is 0 Å². The molecule has 0 spiro atoms. The summed E-state index contributed by atoms with van der Waals surface area (Å²) in [6, 6.07) is 5.24. The third kappa shape index (κ3) is 2.58. The molecule has 0 bridgehead atoms. The van der Waals surface area contributed by atoms with Crippen LogP contribution in [0.1, 0.15) is 23.2 Å². The smallest absolute Gasteiger partial charge is 0.255 e. The van der Waals surface area contributed by atoms with Crippen LogP contribution in [-0.4, -0.2) is 19.1 Å². The van der Waals surface area contributed by atoms with E-state index < -0.39 is 0 Å². The fraction of sp³-hybridized carbons (Fsp3) is 0.308. The first-order valence-electron chi connectivity index (χ1n) is 5.60. The van der Waals surface area contributed by atoms with Crippen LogP contribution in [0.15, 0.2) is 30.4 Å². The number of amides is 1. The Kier molecular flexibility index (Phi) is 3.32. The lowest BCUT2D eigenvalue weighted by atomic mass is 10.1. The predicted molar refractivity (Wildman–Crippen MR) is 67.0 cm³/mol. The van der Waals surface area contributed by atoms with E-state index in [1.54, 1.807) is 18.2 Å². The Morgan fingerprint density at radius 3 is 2.76 bits per heavy atom. The zero-order chi connectivity index (χ0) is 12.3. The van der Waals surface area contributed by atoms with Crippen LogP contribution in [0.4, 0.5) is 5.69 Å². The van der Waals surface area contributed by atoms with Gasteiger partial charge in [-0.15, -0.1) is 0 Å². The molecule has 3 N–H and O–H groups in total. The van der Waals surface area contributed by atoms with Crippen molar-refractivity contribution in [1.82, 2.24) is 5.32 Å². The molecule has 0 aromatic heterocycles. The van der Waals surface area contributed by atoms with Crippen LogP contribution < -0.4 is 15.8 Å².